The van der Waals surface area contributed by atoms with Crippen LogP contribution in [0.25, 0.3) is 11.3 Å². The maximum absolute atomic E-state index is 6.27. The van der Waals surface area contributed by atoms with Crippen molar-refractivity contribution >= 4 is 11.3 Å². The molecule has 0 spiro atoms. The third-order valence-electron chi connectivity index (χ3n) is 3.05. The zero-order chi connectivity index (χ0) is 13.7. The summed E-state index contributed by atoms with van der Waals surface area (Å²) >= 11 is 1.67. The molecule has 0 aliphatic heterocycles. The monoisotopic (exact) mass is 276 g/mol. The van der Waals surface area contributed by atoms with Crippen LogP contribution in [0.2, 0.25) is 0 Å². The highest BCUT2D eigenvalue weighted by atomic mass is 32.1. The van der Waals surface area contributed by atoms with E-state index in [0.717, 1.165) is 29.1 Å². The number of methoxy groups -OCH3 is 1. The molecule has 1 unspecified atom stereocenters. The van der Waals surface area contributed by atoms with Gasteiger partial charge >= 0.3 is 0 Å². The minimum absolute atomic E-state index is 0.262. The van der Waals surface area contributed by atoms with Crippen molar-refractivity contribution in [1.29, 1.82) is 0 Å². The number of benzene rings is 1. The molecule has 1 heterocycles. The molecule has 0 fully saturated rings. The molecule has 0 bridgehead atoms. The molecular weight excluding hydrogens is 256 g/mol. The number of rotatable bonds is 6. The van der Waals surface area contributed by atoms with E-state index in [1.807, 2.05) is 18.2 Å². The Labute approximate surface area is 118 Å². The standard InChI is InChI=1S/C15H20N2OS/c1-15(16,8-9-18-2)10-14-17-13(11-19-14)12-6-4-3-5-7-12/h3-7,11H,8-10,16H2,1-2H3. The zero-order valence-electron chi connectivity index (χ0n) is 11.4. The van der Waals surface area contributed by atoms with Crippen molar-refractivity contribution in [2.24, 2.45) is 5.73 Å². The average molecular weight is 276 g/mol. The molecule has 4 heteroatoms. The Kier molecular flexibility index (Phi) is 4.69. The number of ether oxygens (including phenoxy) is 1. The fraction of sp³-hybridized carbons (Fsp3) is 0.400. The van der Waals surface area contributed by atoms with Crippen molar-refractivity contribution in [2.75, 3.05) is 13.7 Å². The van der Waals surface area contributed by atoms with Gasteiger partial charge in [-0.2, -0.15) is 0 Å². The highest BCUT2D eigenvalue weighted by molar-refractivity contribution is 7.09. The topological polar surface area (TPSA) is 48.1 Å². The van der Waals surface area contributed by atoms with E-state index in [1.54, 1.807) is 18.4 Å². The van der Waals surface area contributed by atoms with E-state index in [1.165, 1.54) is 0 Å². The predicted molar refractivity (Wildman–Crippen MR) is 80.3 cm³/mol. The summed E-state index contributed by atoms with van der Waals surface area (Å²) in [4.78, 5) is 4.67. The summed E-state index contributed by atoms with van der Waals surface area (Å²) in [7, 11) is 1.70. The molecule has 2 aromatic rings. The number of aromatic nitrogens is 1. The van der Waals surface area contributed by atoms with Gasteiger partial charge in [0.15, 0.2) is 0 Å². The molecule has 0 aliphatic rings. The number of hydrogen-bond acceptors (Lipinski definition) is 4. The normalized spacial score (nSPS) is 14.3. The Morgan fingerprint density at radius 2 is 2.05 bits per heavy atom. The van der Waals surface area contributed by atoms with Crippen LogP contribution in [0.5, 0.6) is 0 Å². The zero-order valence-corrected chi connectivity index (χ0v) is 12.2. The lowest BCUT2D eigenvalue weighted by Crippen LogP contribution is -2.39. The van der Waals surface area contributed by atoms with Gasteiger partial charge in [-0.3, -0.25) is 0 Å². The maximum atomic E-state index is 6.27. The highest BCUT2D eigenvalue weighted by Gasteiger charge is 2.20. The van der Waals surface area contributed by atoms with Crippen LogP contribution < -0.4 is 5.73 Å². The fourth-order valence-electron chi connectivity index (χ4n) is 1.90. The number of nitrogens with two attached hydrogens (primary N) is 1. The lowest BCUT2D eigenvalue weighted by Gasteiger charge is -2.22. The van der Waals surface area contributed by atoms with Crippen LogP contribution in [-0.2, 0) is 11.2 Å². The van der Waals surface area contributed by atoms with E-state index in [9.17, 15) is 0 Å². The molecule has 1 aromatic carbocycles. The summed E-state index contributed by atoms with van der Waals surface area (Å²) in [5.41, 5.74) is 8.19. The van der Waals surface area contributed by atoms with Gasteiger partial charge in [0.2, 0.25) is 0 Å². The smallest absolute Gasteiger partial charge is 0.0950 e. The summed E-state index contributed by atoms with van der Waals surface area (Å²) in [6.07, 6.45) is 1.62. The summed E-state index contributed by atoms with van der Waals surface area (Å²) in [5, 5.41) is 3.18. The van der Waals surface area contributed by atoms with Crippen molar-refractivity contribution in [3.63, 3.8) is 0 Å². The van der Waals surface area contributed by atoms with Gasteiger partial charge in [-0.25, -0.2) is 4.98 Å². The lowest BCUT2D eigenvalue weighted by atomic mass is 9.96. The van der Waals surface area contributed by atoms with Crippen molar-refractivity contribution < 1.29 is 4.74 Å². The van der Waals surface area contributed by atoms with Gasteiger partial charge in [-0.1, -0.05) is 30.3 Å². The Morgan fingerprint density at radius 3 is 2.74 bits per heavy atom. The molecule has 19 heavy (non-hydrogen) atoms. The van der Waals surface area contributed by atoms with Crippen LogP contribution in [0.4, 0.5) is 0 Å². The summed E-state index contributed by atoms with van der Waals surface area (Å²) in [6, 6.07) is 10.2. The number of hydrogen-bond donors (Lipinski definition) is 1. The molecule has 2 N–H and O–H groups in total. The first-order chi connectivity index (χ1) is 9.11. The van der Waals surface area contributed by atoms with Crippen LogP contribution in [0.15, 0.2) is 35.7 Å². The quantitative estimate of drug-likeness (QED) is 0.882. The largest absolute Gasteiger partial charge is 0.385 e. The maximum Gasteiger partial charge on any atom is 0.0950 e. The van der Waals surface area contributed by atoms with Gasteiger partial charge in [0, 0.05) is 36.6 Å². The minimum atomic E-state index is -0.262. The van der Waals surface area contributed by atoms with Crippen molar-refractivity contribution in [3.8, 4) is 11.3 Å². The van der Waals surface area contributed by atoms with Gasteiger partial charge in [-0.05, 0) is 13.3 Å². The third-order valence-corrected chi connectivity index (χ3v) is 3.90. The molecular formula is C15H20N2OS. The molecule has 0 aliphatic carbocycles. The van der Waals surface area contributed by atoms with Crippen LogP contribution in [-0.4, -0.2) is 24.2 Å². The highest BCUT2D eigenvalue weighted by Crippen LogP contribution is 2.24. The Balaban J connectivity index is 2.05. The van der Waals surface area contributed by atoms with Crippen molar-refractivity contribution in [2.45, 2.75) is 25.3 Å². The molecule has 0 saturated heterocycles. The van der Waals surface area contributed by atoms with Crippen LogP contribution in [0, 0.1) is 0 Å². The number of nitrogens with zero attached hydrogens (tertiary/aromatic N) is 1. The molecule has 0 saturated carbocycles. The van der Waals surface area contributed by atoms with Gasteiger partial charge in [0.25, 0.3) is 0 Å². The van der Waals surface area contributed by atoms with Gasteiger partial charge in [0.05, 0.1) is 10.7 Å². The van der Waals surface area contributed by atoms with E-state index in [2.05, 4.69) is 29.4 Å². The summed E-state index contributed by atoms with van der Waals surface area (Å²) in [5.74, 6) is 0. The second-order valence-electron chi connectivity index (χ2n) is 5.07. The Morgan fingerprint density at radius 1 is 1.32 bits per heavy atom. The van der Waals surface area contributed by atoms with E-state index in [0.29, 0.717) is 6.61 Å². The summed E-state index contributed by atoms with van der Waals surface area (Å²) < 4.78 is 5.09. The first kappa shape index (κ1) is 14.2. The van der Waals surface area contributed by atoms with E-state index < -0.39 is 0 Å². The van der Waals surface area contributed by atoms with Gasteiger partial charge in [0.1, 0.15) is 0 Å². The molecule has 0 radical (unpaired) electrons. The third kappa shape index (κ3) is 4.13. The predicted octanol–water partition coefficient (Wildman–Crippen LogP) is 3.11. The fourth-order valence-corrected chi connectivity index (χ4v) is 2.90. The van der Waals surface area contributed by atoms with Gasteiger partial charge in [-0.15, -0.1) is 11.3 Å². The molecule has 1 atom stereocenters. The first-order valence-corrected chi connectivity index (χ1v) is 7.26. The molecule has 0 amide bonds. The van der Waals surface area contributed by atoms with Crippen molar-refractivity contribution in [1.82, 2.24) is 4.98 Å². The van der Waals surface area contributed by atoms with Gasteiger partial charge < -0.3 is 10.5 Å². The Hall–Kier alpha value is -1.23. The molecule has 2 rings (SSSR count). The van der Waals surface area contributed by atoms with Crippen LogP contribution in [0.1, 0.15) is 18.4 Å². The lowest BCUT2D eigenvalue weighted by molar-refractivity contribution is 0.171. The first-order valence-electron chi connectivity index (χ1n) is 6.38. The van der Waals surface area contributed by atoms with E-state index in [-0.39, 0.29) is 5.54 Å². The van der Waals surface area contributed by atoms with Crippen LogP contribution in [0.3, 0.4) is 0 Å². The second-order valence-corrected chi connectivity index (χ2v) is 6.01. The molecule has 1 aromatic heterocycles. The summed E-state index contributed by atoms with van der Waals surface area (Å²) in [6.45, 7) is 2.74. The number of thiazole rings is 1. The van der Waals surface area contributed by atoms with E-state index >= 15 is 0 Å². The Bertz CT molecular complexity index is 508. The van der Waals surface area contributed by atoms with Crippen LogP contribution >= 0.6 is 11.3 Å². The average Bonchev–Trinajstić information content (AvgIpc) is 2.85. The molecule has 102 valence electrons. The minimum Gasteiger partial charge on any atom is -0.385 e. The van der Waals surface area contributed by atoms with Crippen molar-refractivity contribution in [3.05, 3.63) is 40.7 Å². The second kappa shape index (κ2) is 6.28. The molecule has 3 nitrogen and oxygen atoms in total. The van der Waals surface area contributed by atoms with E-state index in [4.69, 9.17) is 10.5 Å². The SMILES string of the molecule is COCCC(C)(N)Cc1nc(-c2ccccc2)cs1.